The highest BCUT2D eigenvalue weighted by atomic mass is 19.4. The summed E-state index contributed by atoms with van der Waals surface area (Å²) in [6.45, 7) is -0.112. The van der Waals surface area contributed by atoms with Crippen molar-refractivity contribution in [3.05, 3.63) is 82.1 Å². The highest BCUT2D eigenvalue weighted by Crippen LogP contribution is 2.56. The van der Waals surface area contributed by atoms with E-state index in [1.165, 1.54) is 19.2 Å². The number of hydrogen-bond acceptors (Lipinski definition) is 6. The van der Waals surface area contributed by atoms with Crippen LogP contribution in [0, 0.1) is 45.3 Å². The molecule has 6 nitrogen and oxygen atoms in total. The first-order valence-electron chi connectivity index (χ1n) is 11.6. The van der Waals surface area contributed by atoms with Crippen LogP contribution in [0.25, 0.3) is 0 Å². The van der Waals surface area contributed by atoms with E-state index in [1.807, 2.05) is 6.08 Å². The van der Waals surface area contributed by atoms with Gasteiger partial charge in [0, 0.05) is 11.5 Å². The minimum Gasteiger partial charge on any atom is -0.496 e. The largest absolute Gasteiger partial charge is 0.496 e. The first-order chi connectivity index (χ1) is 17.7. The fraction of sp³-hybridized carbons (Fsp3) is 0.321. The smallest absolute Gasteiger partial charge is 0.416 e. The SMILES string of the molecule is COc1ccc([C@H]2[C@@H]3CCCC=C3C(C#N)=C(N)C2(C#N)C#N)cc1COc1cccc(C(F)(F)F)c1. The van der Waals surface area contributed by atoms with Crippen LogP contribution < -0.4 is 15.2 Å². The summed E-state index contributed by atoms with van der Waals surface area (Å²) in [4.78, 5) is 0. The third-order valence-corrected chi connectivity index (χ3v) is 7.02. The van der Waals surface area contributed by atoms with Crippen LogP contribution in [0.1, 0.15) is 41.9 Å². The molecule has 2 N–H and O–H groups in total. The minimum absolute atomic E-state index is 0.0340. The number of fused-ring (bicyclic) bond motifs is 1. The Morgan fingerprint density at radius 1 is 1.11 bits per heavy atom. The molecule has 0 fully saturated rings. The quantitative estimate of drug-likeness (QED) is 0.543. The lowest BCUT2D eigenvalue weighted by atomic mass is 9.56. The van der Waals surface area contributed by atoms with Crippen molar-refractivity contribution in [3.8, 4) is 29.7 Å². The van der Waals surface area contributed by atoms with E-state index in [9.17, 15) is 29.0 Å². The molecule has 2 aliphatic carbocycles. The zero-order valence-corrected chi connectivity index (χ0v) is 20.0. The second-order valence-electron chi connectivity index (χ2n) is 8.99. The molecule has 0 aromatic heterocycles. The average molecular weight is 505 g/mol. The summed E-state index contributed by atoms with van der Waals surface area (Å²) < 4.78 is 50.4. The minimum atomic E-state index is -4.50. The number of allylic oxidation sites excluding steroid dienone is 4. The monoisotopic (exact) mass is 504 g/mol. The number of benzene rings is 2. The van der Waals surface area contributed by atoms with E-state index in [0.717, 1.165) is 30.5 Å². The molecule has 0 saturated heterocycles. The molecule has 0 radical (unpaired) electrons. The van der Waals surface area contributed by atoms with E-state index >= 15 is 0 Å². The second kappa shape index (κ2) is 9.91. The Hall–Kier alpha value is -4.42. The standard InChI is InChI=1S/C28H23F3N4O2/c1-36-24-10-9-17(11-18(24)14-37-20-6-4-5-19(12-20)28(29,30)31)25-22-8-3-2-7-21(22)23(13-32)26(35)27(25,15-33)16-34/h4-7,9-12,22,25H,2-3,8,14,35H2,1H3/t22-,25+/m1/s1. The maximum absolute atomic E-state index is 13.1. The number of ether oxygens (including phenoxy) is 2. The summed E-state index contributed by atoms with van der Waals surface area (Å²) in [6, 6.07) is 16.0. The van der Waals surface area contributed by atoms with Gasteiger partial charge in [-0.3, -0.25) is 0 Å². The van der Waals surface area contributed by atoms with Crippen molar-refractivity contribution in [2.45, 2.75) is 38.0 Å². The molecule has 2 aliphatic rings. The number of hydrogen-bond donors (Lipinski definition) is 1. The van der Waals surface area contributed by atoms with Gasteiger partial charge in [0.1, 0.15) is 24.2 Å². The number of rotatable bonds is 5. The maximum atomic E-state index is 13.1. The van der Waals surface area contributed by atoms with Crippen molar-refractivity contribution in [1.29, 1.82) is 15.8 Å². The number of nitriles is 3. The molecule has 188 valence electrons. The molecule has 37 heavy (non-hydrogen) atoms. The highest BCUT2D eigenvalue weighted by molar-refractivity contribution is 5.59. The van der Waals surface area contributed by atoms with Gasteiger partial charge in [0.15, 0.2) is 5.41 Å². The Morgan fingerprint density at radius 2 is 1.86 bits per heavy atom. The zero-order valence-electron chi connectivity index (χ0n) is 20.0. The molecule has 0 bridgehead atoms. The van der Waals surface area contributed by atoms with E-state index in [0.29, 0.717) is 23.3 Å². The van der Waals surface area contributed by atoms with Crippen molar-refractivity contribution in [2.24, 2.45) is 17.1 Å². The molecular formula is C28H23F3N4O2. The topological polar surface area (TPSA) is 116 Å². The Labute approximate surface area is 212 Å². The van der Waals surface area contributed by atoms with E-state index in [1.54, 1.807) is 18.2 Å². The third-order valence-electron chi connectivity index (χ3n) is 7.02. The van der Waals surface area contributed by atoms with Crippen LogP contribution in [0.2, 0.25) is 0 Å². The summed E-state index contributed by atoms with van der Waals surface area (Å²) in [7, 11) is 1.46. The fourth-order valence-corrected chi connectivity index (χ4v) is 5.28. The second-order valence-corrected chi connectivity index (χ2v) is 8.99. The first-order valence-corrected chi connectivity index (χ1v) is 11.6. The average Bonchev–Trinajstić information content (AvgIpc) is 2.91. The number of halogens is 3. The van der Waals surface area contributed by atoms with Gasteiger partial charge >= 0.3 is 6.18 Å². The van der Waals surface area contributed by atoms with Gasteiger partial charge in [-0.1, -0.05) is 18.2 Å². The van der Waals surface area contributed by atoms with Gasteiger partial charge < -0.3 is 15.2 Å². The lowest BCUT2D eigenvalue weighted by Crippen LogP contribution is -2.42. The molecule has 0 aliphatic heterocycles. The molecule has 0 spiro atoms. The van der Waals surface area contributed by atoms with Crippen LogP contribution in [-0.2, 0) is 12.8 Å². The van der Waals surface area contributed by atoms with E-state index in [2.05, 4.69) is 18.2 Å². The lowest BCUT2D eigenvalue weighted by Gasteiger charge is -2.43. The van der Waals surface area contributed by atoms with Crippen molar-refractivity contribution >= 4 is 0 Å². The Kier molecular flexibility index (Phi) is 6.88. The van der Waals surface area contributed by atoms with Crippen molar-refractivity contribution in [1.82, 2.24) is 0 Å². The van der Waals surface area contributed by atoms with Gasteiger partial charge in [-0.2, -0.15) is 29.0 Å². The fourth-order valence-electron chi connectivity index (χ4n) is 5.28. The van der Waals surface area contributed by atoms with Crippen LogP contribution in [0.5, 0.6) is 11.5 Å². The first kappa shape index (κ1) is 25.7. The molecule has 0 unspecified atom stereocenters. The van der Waals surface area contributed by atoms with Gasteiger partial charge in [-0.15, -0.1) is 0 Å². The molecular weight excluding hydrogens is 481 g/mol. The van der Waals surface area contributed by atoms with Crippen LogP contribution in [-0.4, -0.2) is 7.11 Å². The van der Waals surface area contributed by atoms with Gasteiger partial charge in [-0.05, 0) is 66.6 Å². The normalized spacial score (nSPS) is 20.5. The Balaban J connectivity index is 1.77. The summed E-state index contributed by atoms with van der Waals surface area (Å²) in [5.41, 5.74) is 5.76. The predicted molar refractivity (Wildman–Crippen MR) is 127 cm³/mol. The van der Waals surface area contributed by atoms with Gasteiger partial charge in [0.05, 0.1) is 36.1 Å². The lowest BCUT2D eigenvalue weighted by molar-refractivity contribution is -0.137. The Bertz CT molecular complexity index is 1390. The molecule has 4 rings (SSSR count). The van der Waals surface area contributed by atoms with Gasteiger partial charge in [0.2, 0.25) is 0 Å². The van der Waals surface area contributed by atoms with Crippen LogP contribution in [0.3, 0.4) is 0 Å². The molecule has 0 saturated carbocycles. The van der Waals surface area contributed by atoms with E-state index in [4.69, 9.17) is 15.2 Å². The van der Waals surface area contributed by atoms with Crippen molar-refractivity contribution in [3.63, 3.8) is 0 Å². The summed E-state index contributed by atoms with van der Waals surface area (Å²) in [5, 5.41) is 30.2. The summed E-state index contributed by atoms with van der Waals surface area (Å²) in [6.07, 6.45) is -0.287. The molecule has 2 aromatic carbocycles. The third kappa shape index (κ3) is 4.47. The van der Waals surface area contributed by atoms with E-state index in [-0.39, 0.29) is 29.5 Å². The highest BCUT2D eigenvalue weighted by Gasteiger charge is 2.53. The molecule has 2 atom stereocenters. The number of alkyl halides is 3. The number of nitrogens with two attached hydrogens (primary N) is 1. The predicted octanol–water partition coefficient (Wildman–Crippen LogP) is 5.89. The Morgan fingerprint density at radius 3 is 2.51 bits per heavy atom. The van der Waals surface area contributed by atoms with Gasteiger partial charge in [-0.25, -0.2) is 0 Å². The summed E-state index contributed by atoms with van der Waals surface area (Å²) in [5.74, 6) is -0.469. The van der Waals surface area contributed by atoms with Crippen molar-refractivity contribution < 1.29 is 22.6 Å². The van der Waals surface area contributed by atoms with Crippen LogP contribution in [0.15, 0.2) is 65.4 Å². The zero-order chi connectivity index (χ0) is 26.8. The molecule has 0 heterocycles. The molecule has 2 aromatic rings. The molecule has 9 heteroatoms. The van der Waals surface area contributed by atoms with E-state index < -0.39 is 23.1 Å². The number of methoxy groups -OCH3 is 1. The maximum Gasteiger partial charge on any atom is 0.416 e. The van der Waals surface area contributed by atoms with Gasteiger partial charge in [0.25, 0.3) is 0 Å². The summed E-state index contributed by atoms with van der Waals surface area (Å²) >= 11 is 0. The van der Waals surface area contributed by atoms with Crippen LogP contribution >= 0.6 is 0 Å². The molecule has 0 amide bonds. The number of nitrogens with zero attached hydrogens (tertiary/aromatic N) is 3. The van der Waals surface area contributed by atoms with Crippen LogP contribution in [0.4, 0.5) is 13.2 Å². The van der Waals surface area contributed by atoms with Crippen molar-refractivity contribution in [2.75, 3.05) is 7.11 Å².